The molecule has 0 spiro atoms. The highest BCUT2D eigenvalue weighted by Crippen LogP contribution is 2.39. The Hall–Kier alpha value is -1.31. The zero-order valence-electron chi connectivity index (χ0n) is 12.8. The van der Waals surface area contributed by atoms with E-state index in [-0.39, 0.29) is 18.9 Å². The molecule has 2 aromatic rings. The molecule has 1 fully saturated rings. The Bertz CT molecular complexity index is 750. The Labute approximate surface area is 151 Å². The smallest absolute Gasteiger partial charge is 0.391 e. The van der Waals surface area contributed by atoms with Gasteiger partial charge in [0.2, 0.25) is 0 Å². The Morgan fingerprint density at radius 2 is 1.79 bits per heavy atom. The number of halogens is 4. The molecule has 3 rings (SSSR count). The normalized spacial score (nSPS) is 21.7. The molecule has 0 radical (unpaired) electrons. The molecular weight excluding hydrogens is 432 g/mol. The summed E-state index contributed by atoms with van der Waals surface area (Å²) in [6.07, 6.45) is -2.50. The van der Waals surface area contributed by atoms with Gasteiger partial charge in [0.1, 0.15) is 5.75 Å². The third-order valence-electron chi connectivity index (χ3n) is 4.54. The minimum absolute atomic E-state index is 0.109. The fourth-order valence-corrected chi connectivity index (χ4v) is 4.15. The number of carbonyl (C=O) groups excluding carboxylic acids is 1. The van der Waals surface area contributed by atoms with E-state index in [0.29, 0.717) is 24.2 Å². The van der Waals surface area contributed by atoms with Crippen molar-refractivity contribution in [3.05, 3.63) is 39.5 Å². The van der Waals surface area contributed by atoms with Crippen molar-refractivity contribution in [2.75, 3.05) is 0 Å². The zero-order valence-corrected chi connectivity index (χ0v) is 14.9. The molecule has 1 aliphatic carbocycles. The average molecular weight is 448 g/mol. The Kier molecular flexibility index (Phi) is 5.03. The number of aldehydes is 1. The van der Waals surface area contributed by atoms with E-state index in [2.05, 4.69) is 22.6 Å². The molecule has 6 heteroatoms. The van der Waals surface area contributed by atoms with Crippen LogP contribution in [0.3, 0.4) is 0 Å². The summed E-state index contributed by atoms with van der Waals surface area (Å²) in [5.74, 6) is -0.581. The number of fused-ring (bicyclic) bond motifs is 1. The SMILES string of the molecule is O=Cc1cccc2ccc(O[C@H]3CC[C@@H](C(F)(F)F)CC3)c(I)c12. The lowest BCUT2D eigenvalue weighted by Crippen LogP contribution is -2.32. The standard InChI is InChI=1S/C18H16F3IO2/c19-18(20,21)13-5-7-14(8-6-13)24-15-9-4-11-2-1-3-12(10-23)16(11)17(15)22/h1-4,9-10,13-14H,5-8H2/t13-,14+. The van der Waals surface area contributed by atoms with Gasteiger partial charge in [-0.15, -0.1) is 0 Å². The molecule has 0 saturated heterocycles. The van der Waals surface area contributed by atoms with Crippen LogP contribution in [0.25, 0.3) is 10.8 Å². The fourth-order valence-electron chi connectivity index (χ4n) is 3.22. The first kappa shape index (κ1) is 17.5. The van der Waals surface area contributed by atoms with Gasteiger partial charge in [-0.2, -0.15) is 13.2 Å². The molecule has 0 atom stereocenters. The topological polar surface area (TPSA) is 26.3 Å². The highest BCUT2D eigenvalue weighted by molar-refractivity contribution is 14.1. The largest absolute Gasteiger partial charge is 0.489 e. The summed E-state index contributed by atoms with van der Waals surface area (Å²) >= 11 is 2.14. The second-order valence-corrected chi connectivity index (χ2v) is 7.15. The van der Waals surface area contributed by atoms with Crippen molar-refractivity contribution in [3.63, 3.8) is 0 Å². The first-order chi connectivity index (χ1) is 11.4. The van der Waals surface area contributed by atoms with Crippen LogP contribution in [-0.2, 0) is 0 Å². The maximum atomic E-state index is 12.7. The number of rotatable bonds is 3. The Balaban J connectivity index is 1.79. The number of benzene rings is 2. The van der Waals surface area contributed by atoms with Gasteiger partial charge in [0.25, 0.3) is 0 Å². The van der Waals surface area contributed by atoms with E-state index >= 15 is 0 Å². The first-order valence-corrected chi connectivity index (χ1v) is 8.88. The van der Waals surface area contributed by atoms with Crippen LogP contribution < -0.4 is 4.74 Å². The number of alkyl halides is 3. The van der Waals surface area contributed by atoms with Crippen LogP contribution in [0.1, 0.15) is 36.0 Å². The van der Waals surface area contributed by atoms with Crippen LogP contribution in [0.4, 0.5) is 13.2 Å². The van der Waals surface area contributed by atoms with E-state index in [4.69, 9.17) is 4.74 Å². The highest BCUT2D eigenvalue weighted by atomic mass is 127. The van der Waals surface area contributed by atoms with Gasteiger partial charge in [-0.3, -0.25) is 4.79 Å². The molecule has 128 valence electrons. The van der Waals surface area contributed by atoms with Gasteiger partial charge in [0.15, 0.2) is 6.29 Å². The maximum absolute atomic E-state index is 12.7. The number of hydrogen-bond donors (Lipinski definition) is 0. The Morgan fingerprint density at radius 1 is 1.08 bits per heavy atom. The third kappa shape index (κ3) is 3.53. The van der Waals surface area contributed by atoms with E-state index in [1.165, 1.54) is 0 Å². The van der Waals surface area contributed by atoms with Crippen LogP contribution in [0.15, 0.2) is 30.3 Å². The monoisotopic (exact) mass is 448 g/mol. The number of hydrogen-bond acceptors (Lipinski definition) is 2. The van der Waals surface area contributed by atoms with Gasteiger partial charge in [-0.1, -0.05) is 24.3 Å². The minimum Gasteiger partial charge on any atom is -0.489 e. The van der Waals surface area contributed by atoms with Crippen molar-refractivity contribution in [3.8, 4) is 5.75 Å². The lowest BCUT2D eigenvalue weighted by atomic mass is 9.87. The van der Waals surface area contributed by atoms with Crippen molar-refractivity contribution >= 4 is 39.6 Å². The van der Waals surface area contributed by atoms with Crippen molar-refractivity contribution < 1.29 is 22.7 Å². The van der Waals surface area contributed by atoms with Crippen LogP contribution in [0.5, 0.6) is 5.75 Å². The molecule has 0 aromatic heterocycles. The summed E-state index contributed by atoms with van der Waals surface area (Å²) < 4.78 is 45.0. The van der Waals surface area contributed by atoms with E-state index in [1.54, 1.807) is 6.07 Å². The van der Waals surface area contributed by atoms with Crippen LogP contribution in [0.2, 0.25) is 0 Å². The van der Waals surface area contributed by atoms with Crippen LogP contribution in [-0.4, -0.2) is 18.6 Å². The summed E-state index contributed by atoms with van der Waals surface area (Å²) in [4.78, 5) is 11.3. The van der Waals surface area contributed by atoms with E-state index in [1.807, 2.05) is 24.3 Å². The van der Waals surface area contributed by atoms with Crippen molar-refractivity contribution in [2.45, 2.75) is 38.0 Å². The average Bonchev–Trinajstić information content (AvgIpc) is 2.56. The van der Waals surface area contributed by atoms with Gasteiger partial charge >= 0.3 is 6.18 Å². The maximum Gasteiger partial charge on any atom is 0.391 e. The van der Waals surface area contributed by atoms with Gasteiger partial charge in [0, 0.05) is 10.9 Å². The van der Waals surface area contributed by atoms with E-state index in [0.717, 1.165) is 20.6 Å². The predicted octanol–water partition coefficient (Wildman–Crippen LogP) is 5.76. The van der Waals surface area contributed by atoms with Gasteiger partial charge in [-0.25, -0.2) is 0 Å². The molecule has 2 nitrogen and oxygen atoms in total. The molecule has 0 N–H and O–H groups in total. The lowest BCUT2D eigenvalue weighted by molar-refractivity contribution is -0.185. The quantitative estimate of drug-likeness (QED) is 0.441. The highest BCUT2D eigenvalue weighted by Gasteiger charge is 2.41. The van der Waals surface area contributed by atoms with Crippen molar-refractivity contribution in [1.29, 1.82) is 0 Å². The summed E-state index contributed by atoms with van der Waals surface area (Å²) in [5, 5.41) is 1.77. The van der Waals surface area contributed by atoms with Gasteiger partial charge in [0.05, 0.1) is 15.6 Å². The summed E-state index contributed by atoms with van der Waals surface area (Å²) in [6.45, 7) is 0. The molecule has 1 aliphatic rings. The van der Waals surface area contributed by atoms with E-state index < -0.39 is 12.1 Å². The predicted molar refractivity (Wildman–Crippen MR) is 94.5 cm³/mol. The molecule has 1 saturated carbocycles. The number of carbonyl (C=O) groups is 1. The van der Waals surface area contributed by atoms with Crippen LogP contribution in [0, 0.1) is 9.49 Å². The van der Waals surface area contributed by atoms with Gasteiger partial charge in [-0.05, 0) is 59.7 Å². The number of ether oxygens (including phenoxy) is 1. The molecule has 0 bridgehead atoms. The second kappa shape index (κ2) is 6.90. The molecule has 0 amide bonds. The summed E-state index contributed by atoms with van der Waals surface area (Å²) in [6, 6.07) is 9.19. The van der Waals surface area contributed by atoms with Crippen LogP contribution >= 0.6 is 22.6 Å². The molecule has 2 aromatic carbocycles. The Morgan fingerprint density at radius 3 is 2.42 bits per heavy atom. The molecule has 0 unspecified atom stereocenters. The second-order valence-electron chi connectivity index (χ2n) is 6.07. The lowest BCUT2D eigenvalue weighted by Gasteiger charge is -2.30. The minimum atomic E-state index is -4.11. The molecule has 0 heterocycles. The van der Waals surface area contributed by atoms with Crippen molar-refractivity contribution in [1.82, 2.24) is 0 Å². The third-order valence-corrected chi connectivity index (χ3v) is 5.61. The first-order valence-electron chi connectivity index (χ1n) is 7.80. The van der Waals surface area contributed by atoms with E-state index in [9.17, 15) is 18.0 Å². The fraction of sp³-hybridized carbons (Fsp3) is 0.389. The molecule has 24 heavy (non-hydrogen) atoms. The molecular formula is C18H16F3IO2. The van der Waals surface area contributed by atoms with Gasteiger partial charge < -0.3 is 4.74 Å². The summed E-state index contributed by atoms with van der Waals surface area (Å²) in [5.41, 5.74) is 0.586. The van der Waals surface area contributed by atoms with Crippen molar-refractivity contribution in [2.24, 2.45) is 5.92 Å². The molecule has 0 aliphatic heterocycles. The zero-order chi connectivity index (χ0) is 17.3. The summed E-state index contributed by atoms with van der Waals surface area (Å²) in [7, 11) is 0.